The van der Waals surface area contributed by atoms with E-state index in [9.17, 15) is 13.2 Å². The van der Waals surface area contributed by atoms with Crippen molar-refractivity contribution in [3.8, 4) is 5.75 Å². The Morgan fingerprint density at radius 2 is 2.03 bits per heavy atom. The van der Waals surface area contributed by atoms with Gasteiger partial charge in [0.05, 0.1) is 11.4 Å². The largest absolute Gasteiger partial charge is 0.484 e. The summed E-state index contributed by atoms with van der Waals surface area (Å²) in [4.78, 5) is 17.6. The molecule has 0 atom stereocenters. The van der Waals surface area contributed by atoms with Gasteiger partial charge in [-0.25, -0.2) is 13.4 Å². The van der Waals surface area contributed by atoms with Crippen molar-refractivity contribution < 1.29 is 17.9 Å². The molecule has 152 valence electrons. The van der Waals surface area contributed by atoms with Crippen LogP contribution in [0.4, 0.5) is 5.13 Å². The minimum absolute atomic E-state index is 0.0802. The highest BCUT2D eigenvalue weighted by molar-refractivity contribution is 7.89. The van der Waals surface area contributed by atoms with Crippen LogP contribution in [0.5, 0.6) is 5.75 Å². The number of thiazole rings is 1. The van der Waals surface area contributed by atoms with E-state index in [4.69, 9.17) is 4.74 Å². The fraction of sp³-hybridized carbons (Fsp3) is 0.300. The van der Waals surface area contributed by atoms with Gasteiger partial charge in [-0.15, -0.1) is 11.3 Å². The molecule has 0 radical (unpaired) electrons. The number of amides is 1. The lowest BCUT2D eigenvalue weighted by Crippen LogP contribution is -2.36. The summed E-state index contributed by atoms with van der Waals surface area (Å²) in [5.74, 6) is 0.400. The highest BCUT2D eigenvalue weighted by Gasteiger charge is 2.28. The van der Waals surface area contributed by atoms with E-state index in [1.165, 1.54) is 15.6 Å². The van der Waals surface area contributed by atoms with E-state index >= 15 is 0 Å². The SMILES string of the molecule is CCS(=O)(=O)N1CCc2nc(NC(=O)COc3ccc4ccccc4c3)sc2C1. The van der Waals surface area contributed by atoms with Crippen LogP contribution < -0.4 is 10.1 Å². The molecule has 1 aliphatic heterocycles. The standard InChI is InChI=1S/C20H21N3O4S2/c1-2-29(25,26)23-10-9-17-18(12-23)28-20(21-17)22-19(24)13-27-16-8-7-14-5-3-4-6-15(14)11-16/h3-8,11H,2,9-10,12-13H2,1H3,(H,21,22,24). The second-order valence-corrected chi connectivity index (χ2v) is 10.1. The second-order valence-electron chi connectivity index (χ2n) is 6.72. The van der Waals surface area contributed by atoms with Gasteiger partial charge in [-0.05, 0) is 29.8 Å². The van der Waals surface area contributed by atoms with Gasteiger partial charge in [0.2, 0.25) is 10.0 Å². The molecule has 0 unspecified atom stereocenters. The van der Waals surface area contributed by atoms with Gasteiger partial charge < -0.3 is 4.74 Å². The molecular weight excluding hydrogens is 410 g/mol. The van der Waals surface area contributed by atoms with Gasteiger partial charge in [0, 0.05) is 24.4 Å². The number of sulfonamides is 1. The molecule has 0 aliphatic carbocycles. The average molecular weight is 432 g/mol. The molecule has 9 heteroatoms. The van der Waals surface area contributed by atoms with Crippen molar-refractivity contribution in [1.29, 1.82) is 0 Å². The number of carbonyl (C=O) groups is 1. The van der Waals surface area contributed by atoms with Gasteiger partial charge in [-0.1, -0.05) is 30.3 Å². The molecule has 3 aromatic rings. The Morgan fingerprint density at radius 1 is 1.24 bits per heavy atom. The third-order valence-corrected chi connectivity index (χ3v) is 7.62. The summed E-state index contributed by atoms with van der Waals surface area (Å²) in [5.41, 5.74) is 0.850. The molecule has 7 nitrogen and oxygen atoms in total. The van der Waals surface area contributed by atoms with Gasteiger partial charge in [0.1, 0.15) is 5.75 Å². The summed E-state index contributed by atoms with van der Waals surface area (Å²) in [5, 5.41) is 5.37. The summed E-state index contributed by atoms with van der Waals surface area (Å²) in [6, 6.07) is 13.6. The number of benzene rings is 2. The first-order valence-electron chi connectivity index (χ1n) is 9.32. The van der Waals surface area contributed by atoms with Crippen molar-refractivity contribution >= 4 is 43.2 Å². The Kier molecular flexibility index (Phi) is 5.53. The first-order chi connectivity index (χ1) is 13.9. The average Bonchev–Trinajstić information content (AvgIpc) is 3.13. The molecule has 4 rings (SSSR count). The lowest BCUT2D eigenvalue weighted by atomic mass is 10.1. The quantitative estimate of drug-likeness (QED) is 0.648. The summed E-state index contributed by atoms with van der Waals surface area (Å²) in [6.45, 7) is 2.25. The van der Waals surface area contributed by atoms with Crippen LogP contribution in [0.1, 0.15) is 17.5 Å². The third-order valence-electron chi connectivity index (χ3n) is 4.79. The van der Waals surface area contributed by atoms with E-state index in [-0.39, 0.29) is 18.3 Å². The lowest BCUT2D eigenvalue weighted by Gasteiger charge is -2.24. The zero-order chi connectivity index (χ0) is 20.4. The number of hydrogen-bond acceptors (Lipinski definition) is 6. The summed E-state index contributed by atoms with van der Waals surface area (Å²) >= 11 is 1.31. The summed E-state index contributed by atoms with van der Waals surface area (Å²) in [7, 11) is -3.23. The van der Waals surface area contributed by atoms with Crippen molar-refractivity contribution in [2.45, 2.75) is 19.9 Å². The smallest absolute Gasteiger partial charge is 0.264 e. The molecule has 1 aromatic heterocycles. The van der Waals surface area contributed by atoms with Gasteiger partial charge >= 0.3 is 0 Å². The predicted octanol–water partition coefficient (Wildman–Crippen LogP) is 3.02. The molecular formula is C20H21N3O4S2. The number of nitrogens with zero attached hydrogens (tertiary/aromatic N) is 2. The Balaban J connectivity index is 1.37. The number of rotatable bonds is 6. The number of anilines is 1. The molecule has 1 amide bonds. The summed E-state index contributed by atoms with van der Waals surface area (Å²) < 4.78 is 31.2. The van der Waals surface area contributed by atoms with Crippen LogP contribution >= 0.6 is 11.3 Å². The first kappa shape index (κ1) is 19.8. The fourth-order valence-electron chi connectivity index (χ4n) is 3.21. The Hall–Kier alpha value is -2.49. The zero-order valence-corrected chi connectivity index (χ0v) is 17.6. The predicted molar refractivity (Wildman–Crippen MR) is 114 cm³/mol. The molecule has 2 heterocycles. The lowest BCUT2D eigenvalue weighted by molar-refractivity contribution is -0.118. The fourth-order valence-corrected chi connectivity index (χ4v) is 5.39. The Labute approximate surface area is 173 Å². The van der Waals surface area contributed by atoms with Crippen LogP contribution in [-0.4, -0.2) is 42.5 Å². The number of carbonyl (C=O) groups excluding carboxylic acids is 1. The molecule has 1 N–H and O–H groups in total. The number of fused-ring (bicyclic) bond motifs is 2. The zero-order valence-electron chi connectivity index (χ0n) is 15.9. The van der Waals surface area contributed by atoms with Crippen LogP contribution in [-0.2, 0) is 27.8 Å². The molecule has 1 aliphatic rings. The van der Waals surface area contributed by atoms with Crippen LogP contribution in [0.15, 0.2) is 42.5 Å². The molecule has 0 saturated heterocycles. The van der Waals surface area contributed by atoms with E-state index in [2.05, 4.69) is 10.3 Å². The maximum Gasteiger partial charge on any atom is 0.264 e. The van der Waals surface area contributed by atoms with Gasteiger partial charge in [-0.3, -0.25) is 10.1 Å². The van der Waals surface area contributed by atoms with E-state index in [1.807, 2.05) is 42.5 Å². The van der Waals surface area contributed by atoms with Gasteiger partial charge in [0.25, 0.3) is 5.91 Å². The number of ether oxygens (including phenoxy) is 1. The maximum atomic E-state index is 12.3. The van der Waals surface area contributed by atoms with Crippen LogP contribution in [0, 0.1) is 0 Å². The molecule has 0 bridgehead atoms. The van der Waals surface area contributed by atoms with E-state index in [0.717, 1.165) is 21.3 Å². The van der Waals surface area contributed by atoms with Gasteiger partial charge in [0.15, 0.2) is 11.7 Å². The minimum Gasteiger partial charge on any atom is -0.484 e. The number of aromatic nitrogens is 1. The molecule has 0 fully saturated rings. The highest BCUT2D eigenvalue weighted by Crippen LogP contribution is 2.29. The van der Waals surface area contributed by atoms with Crippen LogP contribution in [0.25, 0.3) is 10.8 Å². The summed E-state index contributed by atoms with van der Waals surface area (Å²) in [6.07, 6.45) is 0.550. The Bertz CT molecular complexity index is 1160. The van der Waals surface area contributed by atoms with E-state index < -0.39 is 10.0 Å². The molecule has 29 heavy (non-hydrogen) atoms. The van der Waals surface area contributed by atoms with Crippen molar-refractivity contribution in [2.75, 3.05) is 24.2 Å². The normalized spacial score (nSPS) is 14.5. The highest BCUT2D eigenvalue weighted by atomic mass is 32.2. The monoisotopic (exact) mass is 431 g/mol. The topological polar surface area (TPSA) is 88.6 Å². The molecule has 0 saturated carbocycles. The van der Waals surface area contributed by atoms with E-state index in [0.29, 0.717) is 30.4 Å². The first-order valence-corrected chi connectivity index (χ1v) is 11.7. The number of hydrogen-bond donors (Lipinski definition) is 1. The Morgan fingerprint density at radius 3 is 2.83 bits per heavy atom. The van der Waals surface area contributed by atoms with Crippen LogP contribution in [0.2, 0.25) is 0 Å². The molecule has 2 aromatic carbocycles. The second kappa shape index (κ2) is 8.10. The van der Waals surface area contributed by atoms with Crippen molar-refractivity contribution in [1.82, 2.24) is 9.29 Å². The van der Waals surface area contributed by atoms with Crippen molar-refractivity contribution in [2.24, 2.45) is 0 Å². The van der Waals surface area contributed by atoms with E-state index in [1.54, 1.807) is 6.92 Å². The van der Waals surface area contributed by atoms with Crippen molar-refractivity contribution in [3.05, 3.63) is 53.0 Å². The molecule has 0 spiro atoms. The van der Waals surface area contributed by atoms with Crippen LogP contribution in [0.3, 0.4) is 0 Å². The number of nitrogens with one attached hydrogen (secondary N) is 1. The maximum absolute atomic E-state index is 12.3. The third kappa shape index (κ3) is 4.42. The van der Waals surface area contributed by atoms with Crippen molar-refractivity contribution in [3.63, 3.8) is 0 Å². The minimum atomic E-state index is -3.23. The van der Waals surface area contributed by atoms with Gasteiger partial charge in [-0.2, -0.15) is 4.31 Å².